The Hall–Kier alpha value is -1.17. The van der Waals surface area contributed by atoms with Gasteiger partial charge in [0.05, 0.1) is 205 Å². The van der Waals surface area contributed by atoms with Crippen LogP contribution in [0.4, 0.5) is 0 Å². The van der Waals surface area contributed by atoms with Gasteiger partial charge in [0.2, 0.25) is 5.91 Å². The van der Waals surface area contributed by atoms with E-state index in [0.29, 0.717) is 211 Å². The van der Waals surface area contributed by atoms with E-state index >= 15 is 0 Å². The highest BCUT2D eigenvalue weighted by Gasteiger charge is 2.00. The summed E-state index contributed by atoms with van der Waals surface area (Å²) in [6, 6.07) is 0. The molecular formula is C35H71NO17. The van der Waals surface area contributed by atoms with E-state index in [0.717, 1.165) is 0 Å². The smallest absolute Gasteiger partial charge is 0.222 e. The van der Waals surface area contributed by atoms with Crippen molar-refractivity contribution in [3.8, 4) is 0 Å². The number of carbonyl (C=O) groups excluding carboxylic acids is 1. The van der Waals surface area contributed by atoms with Crippen molar-refractivity contribution in [3.63, 3.8) is 0 Å². The molecule has 0 fully saturated rings. The first kappa shape index (κ1) is 51.8. The van der Waals surface area contributed by atoms with Gasteiger partial charge < -0.3 is 81.5 Å². The number of hydrogen-bond donors (Lipinski definition) is 2. The average Bonchev–Trinajstić information content (AvgIpc) is 3.16. The van der Waals surface area contributed by atoms with E-state index in [1.54, 1.807) is 0 Å². The number of amides is 1. The molecule has 0 aromatic carbocycles. The summed E-state index contributed by atoms with van der Waals surface area (Å²) in [4.78, 5) is 11.3. The Labute approximate surface area is 316 Å². The summed E-state index contributed by atoms with van der Waals surface area (Å²) in [5.41, 5.74) is 0. The third-order valence-electron chi connectivity index (χ3n) is 6.29. The van der Waals surface area contributed by atoms with E-state index in [1.807, 2.05) is 6.92 Å². The van der Waals surface area contributed by atoms with Crippen LogP contribution in [0.15, 0.2) is 0 Å². The van der Waals surface area contributed by atoms with Crippen molar-refractivity contribution in [2.45, 2.75) is 13.3 Å². The Bertz CT molecular complexity index is 687. The van der Waals surface area contributed by atoms with E-state index in [1.165, 1.54) is 0 Å². The van der Waals surface area contributed by atoms with E-state index in [9.17, 15) is 4.79 Å². The van der Waals surface area contributed by atoms with Crippen molar-refractivity contribution in [2.24, 2.45) is 0 Å². The maximum atomic E-state index is 11.3. The molecule has 0 aliphatic heterocycles. The SMILES string of the molecule is CCNC(=O)CCOCCOCCOCCOCCOCCOCCOCCOCCOCCOCCOCCOCCOCCOCCOCCO. The molecule has 0 bridgehead atoms. The van der Waals surface area contributed by atoms with Crippen LogP contribution in [0.1, 0.15) is 13.3 Å². The molecule has 18 nitrogen and oxygen atoms in total. The van der Waals surface area contributed by atoms with Crippen molar-refractivity contribution in [2.75, 3.05) is 211 Å². The lowest BCUT2D eigenvalue weighted by Gasteiger charge is -2.09. The molecule has 318 valence electrons. The summed E-state index contributed by atoms with van der Waals surface area (Å²) in [6.45, 7) is 17.0. The van der Waals surface area contributed by atoms with Crippen molar-refractivity contribution in [1.29, 1.82) is 0 Å². The first-order valence-corrected chi connectivity index (χ1v) is 18.8. The third kappa shape index (κ3) is 48.8. The predicted molar refractivity (Wildman–Crippen MR) is 193 cm³/mol. The first-order valence-electron chi connectivity index (χ1n) is 18.8. The second-order valence-electron chi connectivity index (χ2n) is 10.6. The predicted octanol–water partition coefficient (Wildman–Crippen LogP) is -0.246. The van der Waals surface area contributed by atoms with Crippen molar-refractivity contribution >= 4 is 5.91 Å². The quantitative estimate of drug-likeness (QED) is 0.0770. The van der Waals surface area contributed by atoms with Gasteiger partial charge in [-0.1, -0.05) is 0 Å². The van der Waals surface area contributed by atoms with Crippen LogP contribution in [-0.2, 0) is 75.8 Å². The summed E-state index contributed by atoms with van der Waals surface area (Å²) in [5, 5.41) is 11.3. The van der Waals surface area contributed by atoms with Crippen LogP contribution in [0.3, 0.4) is 0 Å². The topological polar surface area (TPSA) is 188 Å². The van der Waals surface area contributed by atoms with Crippen LogP contribution in [0, 0.1) is 0 Å². The molecule has 1 amide bonds. The van der Waals surface area contributed by atoms with Crippen LogP contribution in [0.5, 0.6) is 0 Å². The molecule has 0 unspecified atom stereocenters. The molecule has 0 radical (unpaired) electrons. The lowest BCUT2D eigenvalue weighted by molar-refractivity contribution is -0.122. The molecular weight excluding hydrogens is 706 g/mol. The Morgan fingerprint density at radius 2 is 0.491 bits per heavy atom. The van der Waals surface area contributed by atoms with Gasteiger partial charge in [-0.25, -0.2) is 0 Å². The Balaban J connectivity index is 3.06. The maximum Gasteiger partial charge on any atom is 0.222 e. The third-order valence-corrected chi connectivity index (χ3v) is 6.29. The number of rotatable bonds is 48. The molecule has 0 spiro atoms. The summed E-state index contributed by atoms with van der Waals surface area (Å²) >= 11 is 0. The van der Waals surface area contributed by atoms with Crippen LogP contribution < -0.4 is 5.32 Å². The van der Waals surface area contributed by atoms with E-state index in [2.05, 4.69) is 5.32 Å². The number of aliphatic hydroxyl groups excluding tert-OH is 1. The number of nitrogens with one attached hydrogen (secondary N) is 1. The van der Waals surface area contributed by atoms with Gasteiger partial charge in [-0.3, -0.25) is 4.79 Å². The molecule has 0 aromatic heterocycles. The summed E-state index contributed by atoms with van der Waals surface area (Å²) in [7, 11) is 0. The molecule has 0 aliphatic rings. The highest BCUT2D eigenvalue weighted by Crippen LogP contribution is 1.89. The van der Waals surface area contributed by atoms with E-state index in [-0.39, 0.29) is 12.5 Å². The standard InChI is InChI=1S/C35H71NO17/c1-2-36-35(38)3-5-39-7-9-41-11-13-43-15-17-45-19-21-47-23-25-49-27-29-51-31-33-53-34-32-52-30-28-50-26-24-48-22-20-46-18-16-44-14-12-42-10-8-40-6-4-37/h37H,2-34H2,1H3,(H,36,38). The first-order chi connectivity index (χ1) is 26.3. The Morgan fingerprint density at radius 1 is 0.321 bits per heavy atom. The van der Waals surface area contributed by atoms with Crippen molar-refractivity contribution in [1.82, 2.24) is 5.32 Å². The number of carbonyl (C=O) groups is 1. The molecule has 0 saturated carbocycles. The molecule has 2 N–H and O–H groups in total. The minimum Gasteiger partial charge on any atom is -0.394 e. The van der Waals surface area contributed by atoms with Gasteiger partial charge in [0.1, 0.15) is 0 Å². The van der Waals surface area contributed by atoms with Gasteiger partial charge in [0, 0.05) is 13.0 Å². The van der Waals surface area contributed by atoms with Gasteiger partial charge in [-0.15, -0.1) is 0 Å². The highest BCUT2D eigenvalue weighted by molar-refractivity contribution is 5.75. The Morgan fingerprint density at radius 3 is 0.660 bits per heavy atom. The zero-order valence-corrected chi connectivity index (χ0v) is 32.3. The zero-order chi connectivity index (χ0) is 38.2. The monoisotopic (exact) mass is 777 g/mol. The molecule has 0 heterocycles. The molecule has 0 atom stereocenters. The lowest BCUT2D eigenvalue weighted by atomic mass is 10.4. The minimum absolute atomic E-state index is 0.00450. The van der Waals surface area contributed by atoms with Crippen LogP contribution in [-0.4, -0.2) is 222 Å². The largest absolute Gasteiger partial charge is 0.394 e. The minimum atomic E-state index is -0.00450. The summed E-state index contributed by atoms with van der Waals surface area (Å²) in [5.74, 6) is -0.00450. The maximum absolute atomic E-state index is 11.3. The molecule has 18 heteroatoms. The number of ether oxygens (including phenoxy) is 15. The normalized spacial score (nSPS) is 11.5. The van der Waals surface area contributed by atoms with Crippen LogP contribution in [0.2, 0.25) is 0 Å². The number of hydrogen-bond acceptors (Lipinski definition) is 17. The molecule has 0 saturated heterocycles. The molecule has 0 aromatic rings. The van der Waals surface area contributed by atoms with E-state index < -0.39 is 0 Å². The Kier molecular flexibility index (Phi) is 47.8. The second kappa shape index (κ2) is 48.8. The fraction of sp³-hybridized carbons (Fsp3) is 0.971. The highest BCUT2D eigenvalue weighted by atomic mass is 16.6. The van der Waals surface area contributed by atoms with Gasteiger partial charge in [0.25, 0.3) is 0 Å². The summed E-state index contributed by atoms with van der Waals surface area (Å²) < 4.78 is 81.3. The van der Waals surface area contributed by atoms with Gasteiger partial charge >= 0.3 is 0 Å². The second-order valence-corrected chi connectivity index (χ2v) is 10.6. The summed E-state index contributed by atoms with van der Waals surface area (Å²) in [6.07, 6.45) is 0.363. The zero-order valence-electron chi connectivity index (χ0n) is 32.3. The van der Waals surface area contributed by atoms with Gasteiger partial charge in [-0.2, -0.15) is 0 Å². The van der Waals surface area contributed by atoms with Crippen LogP contribution in [0.25, 0.3) is 0 Å². The average molecular weight is 778 g/mol. The lowest BCUT2D eigenvalue weighted by Crippen LogP contribution is -2.24. The molecule has 53 heavy (non-hydrogen) atoms. The van der Waals surface area contributed by atoms with Gasteiger partial charge in [-0.05, 0) is 6.92 Å². The van der Waals surface area contributed by atoms with Gasteiger partial charge in [0.15, 0.2) is 0 Å². The van der Waals surface area contributed by atoms with E-state index in [4.69, 9.17) is 76.2 Å². The fourth-order valence-corrected chi connectivity index (χ4v) is 3.70. The number of aliphatic hydroxyl groups is 1. The van der Waals surface area contributed by atoms with Crippen molar-refractivity contribution < 1.29 is 81.0 Å². The fourth-order valence-electron chi connectivity index (χ4n) is 3.70. The van der Waals surface area contributed by atoms with Crippen molar-refractivity contribution in [3.05, 3.63) is 0 Å². The molecule has 0 rings (SSSR count). The molecule has 0 aliphatic carbocycles. The van der Waals surface area contributed by atoms with Crippen LogP contribution >= 0.6 is 0 Å².